The fraction of sp³-hybridized carbons (Fsp3) is 0.0870. The van der Waals surface area contributed by atoms with Crippen LogP contribution < -0.4 is 4.90 Å². The van der Waals surface area contributed by atoms with Crippen molar-refractivity contribution in [1.82, 2.24) is 14.8 Å². The number of amides is 1. The van der Waals surface area contributed by atoms with Gasteiger partial charge in [0.1, 0.15) is 11.6 Å². The zero-order valence-corrected chi connectivity index (χ0v) is 17.0. The smallest absolute Gasteiger partial charge is 0.261 e. The number of nitrogens with zero attached hydrogens (tertiary/aromatic N) is 4. The molecule has 0 fully saturated rings. The molecule has 0 aliphatic rings. The third-order valence-corrected chi connectivity index (χ3v) is 5.03. The highest BCUT2D eigenvalue weighted by molar-refractivity contribution is 6.31. The molecule has 156 valence electrons. The van der Waals surface area contributed by atoms with Gasteiger partial charge in [0, 0.05) is 23.5 Å². The van der Waals surface area contributed by atoms with Gasteiger partial charge in [-0.3, -0.25) is 19.4 Å². The maximum atomic E-state index is 14.5. The highest BCUT2D eigenvalue weighted by Gasteiger charge is 2.23. The van der Waals surface area contributed by atoms with E-state index in [9.17, 15) is 13.6 Å². The first-order chi connectivity index (χ1) is 15.0. The lowest BCUT2D eigenvalue weighted by atomic mass is 10.2. The summed E-state index contributed by atoms with van der Waals surface area (Å²) in [5.41, 5.74) is 1.62. The van der Waals surface area contributed by atoms with Crippen molar-refractivity contribution < 1.29 is 13.6 Å². The second-order valence-electron chi connectivity index (χ2n) is 6.83. The average Bonchev–Trinajstić information content (AvgIpc) is 3.23. The Morgan fingerprint density at radius 3 is 2.61 bits per heavy atom. The molecule has 0 saturated heterocycles. The van der Waals surface area contributed by atoms with Gasteiger partial charge in [0.05, 0.1) is 36.2 Å². The summed E-state index contributed by atoms with van der Waals surface area (Å²) in [7, 11) is 0. The molecule has 2 aromatic heterocycles. The molecule has 2 heterocycles. The molecule has 0 radical (unpaired) electrons. The second kappa shape index (κ2) is 9.06. The molecule has 2 aromatic carbocycles. The Bertz CT molecular complexity index is 1210. The molecule has 0 aliphatic carbocycles. The van der Waals surface area contributed by atoms with E-state index >= 15 is 0 Å². The van der Waals surface area contributed by atoms with E-state index in [1.54, 1.807) is 41.3 Å². The van der Waals surface area contributed by atoms with Crippen LogP contribution in [0.5, 0.6) is 0 Å². The molecule has 4 rings (SSSR count). The minimum Gasteiger partial charge on any atom is -0.299 e. The Labute approximate surface area is 182 Å². The largest absolute Gasteiger partial charge is 0.299 e. The van der Waals surface area contributed by atoms with E-state index in [1.165, 1.54) is 17.2 Å². The molecule has 31 heavy (non-hydrogen) atoms. The van der Waals surface area contributed by atoms with Crippen molar-refractivity contribution in [3.63, 3.8) is 0 Å². The predicted molar refractivity (Wildman–Crippen MR) is 114 cm³/mol. The van der Waals surface area contributed by atoms with E-state index in [0.717, 1.165) is 17.7 Å². The van der Waals surface area contributed by atoms with E-state index < -0.39 is 17.5 Å². The monoisotopic (exact) mass is 438 g/mol. The van der Waals surface area contributed by atoms with Crippen molar-refractivity contribution >= 4 is 23.2 Å². The normalized spacial score (nSPS) is 10.8. The van der Waals surface area contributed by atoms with Gasteiger partial charge in [-0.2, -0.15) is 5.10 Å². The lowest BCUT2D eigenvalue weighted by Crippen LogP contribution is -2.31. The number of carbonyl (C=O) groups is 1. The molecule has 5 nitrogen and oxygen atoms in total. The summed E-state index contributed by atoms with van der Waals surface area (Å²) in [5, 5.41) is 4.83. The summed E-state index contributed by atoms with van der Waals surface area (Å²) >= 11 is 6.20. The van der Waals surface area contributed by atoms with Gasteiger partial charge in [-0.05, 0) is 35.9 Å². The highest BCUT2D eigenvalue weighted by atomic mass is 35.5. The zero-order chi connectivity index (χ0) is 21.8. The van der Waals surface area contributed by atoms with Gasteiger partial charge in [0.25, 0.3) is 5.91 Å². The molecule has 8 heteroatoms. The number of carbonyl (C=O) groups excluding carboxylic acids is 1. The van der Waals surface area contributed by atoms with Crippen LogP contribution in [0, 0.1) is 11.6 Å². The minimum absolute atomic E-state index is 0.0118. The maximum absolute atomic E-state index is 14.5. The van der Waals surface area contributed by atoms with Gasteiger partial charge < -0.3 is 0 Å². The molecule has 1 amide bonds. The van der Waals surface area contributed by atoms with E-state index in [4.69, 9.17) is 11.6 Å². The first-order valence-corrected chi connectivity index (χ1v) is 9.82. The first-order valence-electron chi connectivity index (χ1n) is 9.44. The molecule has 0 spiro atoms. The fourth-order valence-electron chi connectivity index (χ4n) is 3.14. The molecular formula is C23H17ClF2N4O. The summed E-state index contributed by atoms with van der Waals surface area (Å²) in [6.45, 7) is 0.385. The van der Waals surface area contributed by atoms with Crippen LogP contribution >= 0.6 is 11.6 Å². The zero-order valence-electron chi connectivity index (χ0n) is 16.3. The van der Waals surface area contributed by atoms with Crippen LogP contribution in [0.3, 0.4) is 0 Å². The molecule has 0 bridgehead atoms. The van der Waals surface area contributed by atoms with Crippen LogP contribution in [0.1, 0.15) is 21.6 Å². The van der Waals surface area contributed by atoms with Crippen molar-refractivity contribution in [2.24, 2.45) is 0 Å². The van der Waals surface area contributed by atoms with Crippen LogP contribution in [0.25, 0.3) is 0 Å². The fourth-order valence-corrected chi connectivity index (χ4v) is 3.33. The standard InChI is InChI=1S/C23H17ClF2N4O/c24-20-7-2-1-5-16(20)13-29-14-17(12-28-29)23(31)30(15-19-6-3-4-10-27-19)22-9-8-18(25)11-21(22)26/h1-12,14H,13,15H2. The SMILES string of the molecule is O=C(c1cnn(Cc2ccccc2Cl)c1)N(Cc1ccccn1)c1ccc(F)cc1F. The van der Waals surface area contributed by atoms with Gasteiger partial charge in [-0.25, -0.2) is 8.78 Å². The van der Waals surface area contributed by atoms with Crippen LogP contribution in [0.15, 0.2) is 79.3 Å². The molecule has 4 aromatic rings. The van der Waals surface area contributed by atoms with Crippen molar-refractivity contribution in [3.8, 4) is 0 Å². The highest BCUT2D eigenvalue weighted by Crippen LogP contribution is 2.24. The van der Waals surface area contributed by atoms with Gasteiger partial charge >= 0.3 is 0 Å². The van der Waals surface area contributed by atoms with Gasteiger partial charge in [0.2, 0.25) is 0 Å². The second-order valence-corrected chi connectivity index (χ2v) is 7.23. The number of halogens is 3. The Hall–Kier alpha value is -3.58. The van der Waals surface area contributed by atoms with Crippen LogP contribution in [0.4, 0.5) is 14.5 Å². The summed E-state index contributed by atoms with van der Waals surface area (Å²) in [4.78, 5) is 18.7. The number of rotatable bonds is 6. The number of aromatic nitrogens is 3. The number of pyridine rings is 1. The Morgan fingerprint density at radius 2 is 1.87 bits per heavy atom. The molecule has 0 atom stereocenters. The van der Waals surface area contributed by atoms with Gasteiger partial charge in [-0.1, -0.05) is 35.9 Å². The van der Waals surface area contributed by atoms with Crippen molar-refractivity contribution in [1.29, 1.82) is 0 Å². The van der Waals surface area contributed by atoms with Gasteiger partial charge in [0.15, 0.2) is 0 Å². The van der Waals surface area contributed by atoms with Crippen LogP contribution in [0.2, 0.25) is 5.02 Å². The van der Waals surface area contributed by atoms with E-state index in [-0.39, 0.29) is 17.8 Å². The number of hydrogen-bond donors (Lipinski definition) is 0. The van der Waals surface area contributed by atoms with Crippen molar-refractivity contribution in [2.45, 2.75) is 13.1 Å². The molecule has 0 aliphatic heterocycles. The van der Waals surface area contributed by atoms with Crippen molar-refractivity contribution in [2.75, 3.05) is 4.90 Å². The predicted octanol–water partition coefficient (Wildman–Crippen LogP) is 5.11. The van der Waals surface area contributed by atoms with Crippen LogP contribution in [-0.2, 0) is 13.1 Å². The lowest BCUT2D eigenvalue weighted by Gasteiger charge is -2.22. The minimum atomic E-state index is -0.840. The molecule has 0 N–H and O–H groups in total. The Balaban J connectivity index is 1.64. The average molecular weight is 439 g/mol. The van der Waals surface area contributed by atoms with E-state index in [0.29, 0.717) is 17.3 Å². The topological polar surface area (TPSA) is 51.0 Å². The lowest BCUT2D eigenvalue weighted by molar-refractivity contribution is 0.0983. The van der Waals surface area contributed by atoms with Gasteiger partial charge in [-0.15, -0.1) is 0 Å². The molecule has 0 saturated carbocycles. The summed E-state index contributed by atoms with van der Waals surface area (Å²) in [6, 6.07) is 15.7. The first kappa shape index (κ1) is 20.7. The van der Waals surface area contributed by atoms with Crippen LogP contribution in [-0.4, -0.2) is 20.7 Å². The number of anilines is 1. The van der Waals surface area contributed by atoms with E-state index in [2.05, 4.69) is 10.1 Å². The molecular weight excluding hydrogens is 422 g/mol. The number of benzene rings is 2. The summed E-state index contributed by atoms with van der Waals surface area (Å²) < 4.78 is 29.5. The summed E-state index contributed by atoms with van der Waals surface area (Å²) in [5.74, 6) is -2.05. The van der Waals surface area contributed by atoms with E-state index in [1.807, 2.05) is 18.2 Å². The quantitative estimate of drug-likeness (QED) is 0.420. The number of hydrogen-bond acceptors (Lipinski definition) is 3. The third kappa shape index (κ3) is 4.78. The van der Waals surface area contributed by atoms with Crippen molar-refractivity contribution in [3.05, 3.63) is 113 Å². The maximum Gasteiger partial charge on any atom is 0.261 e. The summed E-state index contributed by atoms with van der Waals surface area (Å²) in [6.07, 6.45) is 4.56. The Morgan fingerprint density at radius 1 is 1.06 bits per heavy atom. The third-order valence-electron chi connectivity index (χ3n) is 4.66. The molecule has 0 unspecified atom stereocenters. The Kier molecular flexibility index (Phi) is 6.04.